The van der Waals surface area contributed by atoms with Crippen LogP contribution in [0.2, 0.25) is 0 Å². The van der Waals surface area contributed by atoms with Crippen LogP contribution in [0.5, 0.6) is 0 Å². The molecule has 2 rings (SSSR count). The summed E-state index contributed by atoms with van der Waals surface area (Å²) in [5.74, 6) is 0.369. The SMILES string of the molecule is C=CC(C)C1(C(C)C=C)C/C(=C/c2ccccc2)C(=O)N1. The number of hydrogen-bond acceptors (Lipinski definition) is 1. The van der Waals surface area contributed by atoms with E-state index in [-0.39, 0.29) is 23.3 Å². The van der Waals surface area contributed by atoms with Crippen molar-refractivity contribution in [3.05, 3.63) is 66.8 Å². The summed E-state index contributed by atoms with van der Waals surface area (Å²) >= 11 is 0. The molecule has 2 nitrogen and oxygen atoms in total. The smallest absolute Gasteiger partial charge is 0.247 e. The monoisotopic (exact) mass is 281 g/mol. The lowest BCUT2D eigenvalue weighted by atomic mass is 9.73. The van der Waals surface area contributed by atoms with E-state index in [4.69, 9.17) is 0 Å². The van der Waals surface area contributed by atoms with E-state index in [0.29, 0.717) is 6.42 Å². The van der Waals surface area contributed by atoms with E-state index in [1.807, 2.05) is 48.6 Å². The predicted molar refractivity (Wildman–Crippen MR) is 88.6 cm³/mol. The standard InChI is InChI=1S/C19H23NO/c1-5-14(3)19(15(4)6-2)13-17(18(21)20-19)12-16-10-8-7-9-11-16/h5-12,14-15H,1-2,13H2,3-4H3,(H,20,21)/b17-12-. The second kappa shape index (κ2) is 6.13. The molecule has 1 aliphatic rings. The van der Waals surface area contributed by atoms with E-state index in [0.717, 1.165) is 11.1 Å². The minimum absolute atomic E-state index is 0.0150. The Bertz CT molecular complexity index is 556. The average Bonchev–Trinajstić information content (AvgIpc) is 2.84. The average molecular weight is 281 g/mol. The third kappa shape index (κ3) is 2.85. The summed E-state index contributed by atoms with van der Waals surface area (Å²) in [4.78, 5) is 12.4. The van der Waals surface area contributed by atoms with Gasteiger partial charge in [0, 0.05) is 12.0 Å². The zero-order valence-corrected chi connectivity index (χ0v) is 12.8. The van der Waals surface area contributed by atoms with Crippen molar-refractivity contribution in [1.82, 2.24) is 5.32 Å². The molecule has 0 radical (unpaired) electrons. The van der Waals surface area contributed by atoms with Crippen molar-refractivity contribution in [3.8, 4) is 0 Å². The maximum Gasteiger partial charge on any atom is 0.247 e. The van der Waals surface area contributed by atoms with Crippen LogP contribution in [0.1, 0.15) is 25.8 Å². The summed E-state index contributed by atoms with van der Waals surface area (Å²) in [5.41, 5.74) is 1.56. The van der Waals surface area contributed by atoms with Crippen molar-refractivity contribution in [3.63, 3.8) is 0 Å². The molecule has 1 aliphatic heterocycles. The fraction of sp³-hybridized carbons (Fsp3) is 0.316. The second-order valence-corrected chi connectivity index (χ2v) is 5.80. The number of amides is 1. The second-order valence-electron chi connectivity index (χ2n) is 5.80. The van der Waals surface area contributed by atoms with Crippen LogP contribution in [-0.2, 0) is 4.79 Å². The van der Waals surface area contributed by atoms with Crippen LogP contribution in [0.25, 0.3) is 6.08 Å². The van der Waals surface area contributed by atoms with Crippen molar-refractivity contribution in [2.45, 2.75) is 25.8 Å². The lowest BCUT2D eigenvalue weighted by molar-refractivity contribution is -0.117. The van der Waals surface area contributed by atoms with E-state index in [9.17, 15) is 4.79 Å². The van der Waals surface area contributed by atoms with Gasteiger partial charge in [0.1, 0.15) is 0 Å². The quantitative estimate of drug-likeness (QED) is 0.642. The normalized spacial score (nSPS) is 26.2. The van der Waals surface area contributed by atoms with E-state index in [1.54, 1.807) is 0 Å². The number of hydrogen-bond donors (Lipinski definition) is 1. The Morgan fingerprint density at radius 3 is 2.24 bits per heavy atom. The summed E-state index contributed by atoms with van der Waals surface area (Å²) < 4.78 is 0. The summed E-state index contributed by atoms with van der Waals surface area (Å²) in [6, 6.07) is 9.94. The van der Waals surface area contributed by atoms with Crippen molar-refractivity contribution in [2.24, 2.45) is 11.8 Å². The highest BCUT2D eigenvalue weighted by Crippen LogP contribution is 2.39. The number of rotatable bonds is 5. The van der Waals surface area contributed by atoms with E-state index >= 15 is 0 Å². The molecular weight excluding hydrogens is 258 g/mol. The Balaban J connectivity index is 2.37. The fourth-order valence-electron chi connectivity index (χ4n) is 2.98. The van der Waals surface area contributed by atoms with Crippen molar-refractivity contribution in [1.29, 1.82) is 0 Å². The van der Waals surface area contributed by atoms with Gasteiger partial charge in [-0.05, 0) is 23.5 Å². The molecule has 110 valence electrons. The summed E-state index contributed by atoms with van der Waals surface area (Å²) in [5, 5.41) is 3.19. The van der Waals surface area contributed by atoms with Gasteiger partial charge in [-0.1, -0.05) is 56.3 Å². The third-order valence-corrected chi connectivity index (χ3v) is 4.59. The van der Waals surface area contributed by atoms with Gasteiger partial charge in [0.25, 0.3) is 0 Å². The molecule has 1 amide bonds. The molecule has 2 unspecified atom stereocenters. The summed E-state index contributed by atoms with van der Waals surface area (Å²) in [7, 11) is 0. The zero-order valence-electron chi connectivity index (χ0n) is 12.8. The first-order valence-corrected chi connectivity index (χ1v) is 7.36. The molecule has 1 heterocycles. The number of benzene rings is 1. The highest BCUT2D eigenvalue weighted by atomic mass is 16.2. The molecule has 1 aromatic rings. The van der Waals surface area contributed by atoms with Crippen LogP contribution in [0.4, 0.5) is 0 Å². The zero-order chi connectivity index (χ0) is 15.5. The molecular formula is C19H23NO. The van der Waals surface area contributed by atoms with E-state index in [2.05, 4.69) is 32.3 Å². The van der Waals surface area contributed by atoms with E-state index < -0.39 is 0 Å². The first kappa shape index (κ1) is 15.3. The van der Waals surface area contributed by atoms with Gasteiger partial charge >= 0.3 is 0 Å². The van der Waals surface area contributed by atoms with Gasteiger partial charge in [0.2, 0.25) is 5.91 Å². The highest BCUT2D eigenvalue weighted by molar-refractivity contribution is 6.01. The molecule has 1 aromatic carbocycles. The van der Waals surface area contributed by atoms with E-state index in [1.165, 1.54) is 0 Å². The van der Waals surface area contributed by atoms with Gasteiger partial charge in [0.15, 0.2) is 0 Å². The Morgan fingerprint density at radius 1 is 1.14 bits per heavy atom. The lowest BCUT2D eigenvalue weighted by Gasteiger charge is -2.38. The Kier molecular flexibility index (Phi) is 4.46. The molecule has 2 atom stereocenters. The lowest BCUT2D eigenvalue weighted by Crippen LogP contribution is -2.51. The summed E-state index contributed by atoms with van der Waals surface area (Å²) in [6.45, 7) is 12.0. The first-order chi connectivity index (χ1) is 10.0. The molecule has 21 heavy (non-hydrogen) atoms. The molecule has 0 bridgehead atoms. The first-order valence-electron chi connectivity index (χ1n) is 7.36. The number of carbonyl (C=O) groups excluding carboxylic acids is 1. The number of carbonyl (C=O) groups is 1. The largest absolute Gasteiger partial charge is 0.345 e. The highest BCUT2D eigenvalue weighted by Gasteiger charge is 2.46. The molecule has 2 heteroatoms. The van der Waals surface area contributed by atoms with Crippen molar-refractivity contribution >= 4 is 12.0 Å². The van der Waals surface area contributed by atoms with Crippen LogP contribution >= 0.6 is 0 Å². The van der Waals surface area contributed by atoms with Gasteiger partial charge in [-0.3, -0.25) is 4.79 Å². The van der Waals surface area contributed by atoms with Crippen molar-refractivity contribution < 1.29 is 4.79 Å². The van der Waals surface area contributed by atoms with Gasteiger partial charge in [-0.25, -0.2) is 0 Å². The Morgan fingerprint density at radius 2 is 1.71 bits per heavy atom. The third-order valence-electron chi connectivity index (χ3n) is 4.59. The maximum absolute atomic E-state index is 12.4. The summed E-state index contributed by atoms with van der Waals surface area (Å²) in [6.07, 6.45) is 6.49. The van der Waals surface area contributed by atoms with Gasteiger partial charge < -0.3 is 5.32 Å². The van der Waals surface area contributed by atoms with Crippen LogP contribution in [0.3, 0.4) is 0 Å². The number of nitrogens with one attached hydrogen (secondary N) is 1. The molecule has 0 aromatic heterocycles. The Labute approximate surface area is 127 Å². The van der Waals surface area contributed by atoms with Crippen LogP contribution < -0.4 is 5.32 Å². The molecule has 1 fully saturated rings. The van der Waals surface area contributed by atoms with Crippen molar-refractivity contribution in [2.75, 3.05) is 0 Å². The minimum Gasteiger partial charge on any atom is -0.345 e. The van der Waals surface area contributed by atoms with Gasteiger partial charge in [-0.2, -0.15) is 0 Å². The maximum atomic E-state index is 12.4. The molecule has 0 spiro atoms. The van der Waals surface area contributed by atoms with Crippen LogP contribution in [0.15, 0.2) is 61.2 Å². The predicted octanol–water partition coefficient (Wildman–Crippen LogP) is 3.97. The Hall–Kier alpha value is -2.09. The molecule has 0 aliphatic carbocycles. The topological polar surface area (TPSA) is 29.1 Å². The molecule has 1 saturated heterocycles. The van der Waals surface area contributed by atoms with Gasteiger partial charge in [0.05, 0.1) is 5.54 Å². The van der Waals surface area contributed by atoms with Gasteiger partial charge in [-0.15, -0.1) is 13.2 Å². The van der Waals surface area contributed by atoms with Crippen LogP contribution in [-0.4, -0.2) is 11.4 Å². The fourth-order valence-corrected chi connectivity index (χ4v) is 2.98. The van der Waals surface area contributed by atoms with Crippen LogP contribution in [0, 0.1) is 11.8 Å². The molecule has 1 N–H and O–H groups in total. The minimum atomic E-state index is -0.318. The molecule has 0 saturated carbocycles.